The Kier molecular flexibility index (Phi) is 6.15. The van der Waals surface area contributed by atoms with Crippen LogP contribution >= 0.6 is 0 Å². The number of rotatable bonds is 8. The Morgan fingerprint density at radius 3 is 2.53 bits per heavy atom. The summed E-state index contributed by atoms with van der Waals surface area (Å²) in [4.78, 5) is 23.6. The minimum absolute atomic E-state index is 0.213. The fourth-order valence-electron chi connectivity index (χ4n) is 2.78. The highest BCUT2D eigenvalue weighted by molar-refractivity contribution is 5.95. The first kappa shape index (κ1) is 21.0. The maximum atomic E-state index is 14.1. The van der Waals surface area contributed by atoms with Crippen molar-refractivity contribution >= 4 is 11.9 Å². The molecule has 8 heteroatoms. The summed E-state index contributed by atoms with van der Waals surface area (Å²) in [6, 6.07) is 10.7. The number of carbonyl (C=O) groups excluding carboxylic acids is 1. The van der Waals surface area contributed by atoms with Crippen LogP contribution in [0, 0.1) is 5.82 Å². The highest BCUT2D eigenvalue weighted by atomic mass is 19.1. The van der Waals surface area contributed by atoms with Gasteiger partial charge in [-0.15, -0.1) is 0 Å². The molecule has 0 atom stereocenters. The van der Waals surface area contributed by atoms with Crippen molar-refractivity contribution in [1.82, 2.24) is 15.5 Å². The van der Waals surface area contributed by atoms with E-state index in [1.807, 2.05) is 0 Å². The minimum atomic E-state index is -1.37. The molecular formula is C22H22FN3O4. The lowest BCUT2D eigenvalue weighted by molar-refractivity contribution is -0.152. The number of aromatic nitrogens is 2. The number of carboxylic acid groups (broad SMARTS) is 1. The normalized spacial score (nSPS) is 11.2. The number of carbonyl (C=O) groups is 2. The van der Waals surface area contributed by atoms with E-state index in [1.54, 1.807) is 42.7 Å². The van der Waals surface area contributed by atoms with Crippen LogP contribution in [0.25, 0.3) is 11.1 Å². The van der Waals surface area contributed by atoms with E-state index in [9.17, 15) is 14.0 Å². The third kappa shape index (κ3) is 5.22. The number of benzene rings is 2. The fraction of sp³-hybridized carbons (Fsp3) is 0.227. The van der Waals surface area contributed by atoms with Gasteiger partial charge in [-0.2, -0.15) is 5.10 Å². The van der Waals surface area contributed by atoms with Gasteiger partial charge >= 0.3 is 5.97 Å². The average Bonchev–Trinajstić information content (AvgIpc) is 3.21. The van der Waals surface area contributed by atoms with E-state index in [1.165, 1.54) is 26.0 Å². The molecule has 0 bridgehead atoms. The first-order valence-corrected chi connectivity index (χ1v) is 9.34. The van der Waals surface area contributed by atoms with Gasteiger partial charge in [-0.3, -0.25) is 9.89 Å². The molecule has 3 aromatic rings. The van der Waals surface area contributed by atoms with Crippen molar-refractivity contribution in [2.24, 2.45) is 0 Å². The van der Waals surface area contributed by atoms with Crippen LogP contribution in [-0.4, -0.2) is 39.3 Å². The summed E-state index contributed by atoms with van der Waals surface area (Å²) < 4.78 is 19.6. The summed E-state index contributed by atoms with van der Waals surface area (Å²) in [6.07, 6.45) is 4.04. The van der Waals surface area contributed by atoms with Crippen LogP contribution < -0.4 is 10.1 Å². The van der Waals surface area contributed by atoms with Crippen LogP contribution in [0.1, 0.15) is 29.8 Å². The molecule has 0 aliphatic rings. The second-order valence-electron chi connectivity index (χ2n) is 7.28. The topological polar surface area (TPSA) is 104 Å². The quantitative estimate of drug-likeness (QED) is 0.527. The van der Waals surface area contributed by atoms with Gasteiger partial charge < -0.3 is 15.2 Å². The summed E-state index contributed by atoms with van der Waals surface area (Å²) in [6.45, 7) is 3.30. The van der Waals surface area contributed by atoms with Crippen molar-refractivity contribution in [1.29, 1.82) is 0 Å². The molecule has 0 saturated carbocycles. The Balaban J connectivity index is 1.71. The van der Waals surface area contributed by atoms with Crippen LogP contribution in [-0.2, 0) is 11.2 Å². The molecule has 0 aliphatic carbocycles. The molecule has 3 rings (SSSR count). The molecule has 0 radical (unpaired) electrons. The monoisotopic (exact) mass is 411 g/mol. The van der Waals surface area contributed by atoms with Crippen molar-refractivity contribution in [3.63, 3.8) is 0 Å². The highest BCUT2D eigenvalue weighted by Gasteiger charge is 2.29. The third-order valence-corrected chi connectivity index (χ3v) is 4.49. The van der Waals surface area contributed by atoms with E-state index in [4.69, 9.17) is 9.84 Å². The van der Waals surface area contributed by atoms with Gasteiger partial charge in [0.05, 0.1) is 6.20 Å². The summed E-state index contributed by atoms with van der Waals surface area (Å²) in [5, 5.41) is 18.5. The molecule has 1 aromatic heterocycles. The van der Waals surface area contributed by atoms with Gasteiger partial charge in [-0.05, 0) is 67.3 Å². The zero-order chi connectivity index (χ0) is 21.7. The third-order valence-electron chi connectivity index (χ3n) is 4.49. The lowest BCUT2D eigenvalue weighted by atomic mass is 10.0. The van der Waals surface area contributed by atoms with Crippen LogP contribution in [0.3, 0.4) is 0 Å². The molecule has 156 valence electrons. The van der Waals surface area contributed by atoms with Crippen LogP contribution in [0.2, 0.25) is 0 Å². The Labute approximate surface area is 172 Å². The fourth-order valence-corrected chi connectivity index (χ4v) is 2.78. The number of hydrogen-bond donors (Lipinski definition) is 3. The van der Waals surface area contributed by atoms with Gasteiger partial charge in [-0.1, -0.05) is 12.1 Å². The van der Waals surface area contributed by atoms with Gasteiger partial charge in [0.25, 0.3) is 5.91 Å². The maximum absolute atomic E-state index is 14.1. The van der Waals surface area contributed by atoms with E-state index in [0.29, 0.717) is 29.8 Å². The number of aromatic amines is 1. The maximum Gasteiger partial charge on any atom is 0.347 e. The largest absolute Gasteiger partial charge is 0.478 e. The predicted octanol–water partition coefficient (Wildman–Crippen LogP) is 3.43. The minimum Gasteiger partial charge on any atom is -0.478 e. The second-order valence-corrected chi connectivity index (χ2v) is 7.28. The van der Waals surface area contributed by atoms with Crippen molar-refractivity contribution in [2.75, 3.05) is 6.54 Å². The number of hydrogen-bond acceptors (Lipinski definition) is 4. The predicted molar refractivity (Wildman–Crippen MR) is 109 cm³/mol. The standard InChI is InChI=1S/C22H22FN3O4/c1-22(2,21(28)29)30-19-5-3-15(4-6-19)16-9-17(11-18(23)10-16)20(27)24-8-7-14-12-25-26-13-14/h3-6,9-13H,7-8H2,1-2H3,(H,24,27)(H,25,26)(H,28,29). The zero-order valence-electron chi connectivity index (χ0n) is 16.6. The Hall–Kier alpha value is -3.68. The molecule has 0 saturated heterocycles. The first-order chi connectivity index (χ1) is 14.2. The van der Waals surface area contributed by atoms with E-state index >= 15 is 0 Å². The molecule has 0 aliphatic heterocycles. The summed E-state index contributed by atoms with van der Waals surface area (Å²) in [5.41, 5.74) is 0.997. The van der Waals surface area contributed by atoms with Crippen molar-refractivity contribution in [3.8, 4) is 16.9 Å². The number of nitrogens with one attached hydrogen (secondary N) is 2. The first-order valence-electron chi connectivity index (χ1n) is 9.34. The van der Waals surface area contributed by atoms with E-state index in [0.717, 1.165) is 5.56 Å². The molecule has 7 nitrogen and oxygen atoms in total. The number of carboxylic acids is 1. The molecule has 0 spiro atoms. The van der Waals surface area contributed by atoms with Crippen molar-refractivity contribution in [3.05, 3.63) is 71.8 Å². The Morgan fingerprint density at radius 2 is 1.90 bits per heavy atom. The van der Waals surface area contributed by atoms with Gasteiger partial charge in [0.15, 0.2) is 5.60 Å². The average molecular weight is 411 g/mol. The number of ether oxygens (including phenoxy) is 1. The Bertz CT molecular complexity index is 1030. The highest BCUT2D eigenvalue weighted by Crippen LogP contribution is 2.26. The Morgan fingerprint density at radius 1 is 1.17 bits per heavy atom. The van der Waals surface area contributed by atoms with Gasteiger partial charge in [-0.25, -0.2) is 9.18 Å². The van der Waals surface area contributed by atoms with E-state index < -0.39 is 17.4 Å². The SMILES string of the molecule is CC(C)(Oc1ccc(-c2cc(F)cc(C(=O)NCCc3cn[nH]c3)c2)cc1)C(=O)O. The lowest BCUT2D eigenvalue weighted by Crippen LogP contribution is -2.37. The van der Waals surface area contributed by atoms with E-state index in [2.05, 4.69) is 15.5 Å². The molecule has 2 aromatic carbocycles. The van der Waals surface area contributed by atoms with Crippen molar-refractivity contribution in [2.45, 2.75) is 25.9 Å². The molecule has 30 heavy (non-hydrogen) atoms. The number of halogens is 1. The van der Waals surface area contributed by atoms with Gasteiger partial charge in [0, 0.05) is 18.3 Å². The smallest absolute Gasteiger partial charge is 0.347 e. The van der Waals surface area contributed by atoms with Crippen LogP contribution in [0.4, 0.5) is 4.39 Å². The summed E-state index contributed by atoms with van der Waals surface area (Å²) in [5.74, 6) is -1.61. The molecular weight excluding hydrogens is 389 g/mol. The summed E-state index contributed by atoms with van der Waals surface area (Å²) in [7, 11) is 0. The molecule has 0 fully saturated rings. The lowest BCUT2D eigenvalue weighted by Gasteiger charge is -2.21. The number of aliphatic carboxylic acids is 1. The number of H-pyrrole nitrogens is 1. The van der Waals surface area contributed by atoms with E-state index in [-0.39, 0.29) is 11.5 Å². The molecule has 3 N–H and O–H groups in total. The van der Waals surface area contributed by atoms with Gasteiger partial charge in [0.1, 0.15) is 11.6 Å². The molecule has 0 unspecified atom stereocenters. The number of amides is 1. The zero-order valence-corrected chi connectivity index (χ0v) is 16.6. The summed E-state index contributed by atoms with van der Waals surface area (Å²) >= 11 is 0. The molecule has 1 heterocycles. The number of nitrogens with zero attached hydrogens (tertiary/aromatic N) is 1. The van der Waals surface area contributed by atoms with Crippen molar-refractivity contribution < 1.29 is 23.8 Å². The van der Waals surface area contributed by atoms with Crippen LogP contribution in [0.5, 0.6) is 5.75 Å². The molecule has 1 amide bonds. The van der Waals surface area contributed by atoms with Crippen LogP contribution in [0.15, 0.2) is 54.9 Å². The second kappa shape index (κ2) is 8.77. The van der Waals surface area contributed by atoms with Gasteiger partial charge in [0.2, 0.25) is 0 Å².